The molecule has 0 atom stereocenters. The molecule has 1 aliphatic rings. The van der Waals surface area contributed by atoms with E-state index in [1.165, 1.54) is 11.3 Å². The third-order valence-electron chi connectivity index (χ3n) is 3.53. The molecule has 0 unspecified atom stereocenters. The number of aryl methyl sites for hydroxylation is 1. The van der Waals surface area contributed by atoms with Crippen molar-refractivity contribution < 1.29 is 4.79 Å². The minimum absolute atomic E-state index is 0.0620. The predicted octanol–water partition coefficient (Wildman–Crippen LogP) is 3.71. The Morgan fingerprint density at radius 1 is 1.35 bits per heavy atom. The average molecular weight is 296 g/mol. The maximum atomic E-state index is 11.7. The van der Waals surface area contributed by atoms with E-state index in [1.807, 2.05) is 6.07 Å². The second-order valence-electron chi connectivity index (χ2n) is 5.37. The Kier molecular flexibility index (Phi) is 3.30. The lowest BCUT2D eigenvalue weighted by atomic mass is 9.88. The molecule has 1 fully saturated rings. The van der Waals surface area contributed by atoms with Crippen molar-refractivity contribution in [3.63, 3.8) is 0 Å². The summed E-state index contributed by atoms with van der Waals surface area (Å²) in [6.45, 7) is 7.05. The van der Waals surface area contributed by atoms with Crippen LogP contribution in [0.3, 0.4) is 0 Å². The summed E-state index contributed by atoms with van der Waals surface area (Å²) in [5.74, 6) is 0.339. The third-order valence-corrected chi connectivity index (χ3v) is 4.02. The third kappa shape index (κ3) is 2.54. The Hall–Kier alpha value is -0.830. The van der Waals surface area contributed by atoms with Crippen LogP contribution in [-0.2, 0) is 4.79 Å². The number of rotatable bonds is 1. The van der Waals surface area contributed by atoms with E-state index in [1.54, 1.807) is 0 Å². The topological polar surface area (TPSA) is 20.3 Å². The Bertz CT molecular complexity index is 454. The average Bonchev–Trinajstić information content (AvgIpc) is 2.23. The first kappa shape index (κ1) is 12.6. The van der Waals surface area contributed by atoms with Gasteiger partial charge in [-0.3, -0.25) is 4.79 Å². The summed E-state index contributed by atoms with van der Waals surface area (Å²) in [6, 6.07) is 6.24. The fraction of sp³-hybridized carbons (Fsp3) is 0.500. The first-order valence-electron chi connectivity index (χ1n) is 5.96. The van der Waals surface area contributed by atoms with E-state index in [2.05, 4.69) is 53.7 Å². The van der Waals surface area contributed by atoms with E-state index >= 15 is 0 Å². The van der Waals surface area contributed by atoms with Gasteiger partial charge in [0.1, 0.15) is 0 Å². The number of piperidine rings is 1. The monoisotopic (exact) mass is 295 g/mol. The predicted molar refractivity (Wildman–Crippen MR) is 74.5 cm³/mol. The molecule has 1 aromatic carbocycles. The molecule has 17 heavy (non-hydrogen) atoms. The van der Waals surface area contributed by atoms with E-state index in [9.17, 15) is 4.79 Å². The van der Waals surface area contributed by atoms with Crippen LogP contribution in [0, 0.1) is 6.92 Å². The van der Waals surface area contributed by atoms with Crippen molar-refractivity contribution in [1.29, 1.82) is 0 Å². The number of anilines is 1. The first-order chi connectivity index (χ1) is 7.90. The van der Waals surface area contributed by atoms with Gasteiger partial charge in [0.2, 0.25) is 0 Å². The van der Waals surface area contributed by atoms with Crippen LogP contribution in [0.5, 0.6) is 0 Å². The van der Waals surface area contributed by atoms with E-state index in [0.29, 0.717) is 18.7 Å². The summed E-state index contributed by atoms with van der Waals surface area (Å²) < 4.78 is 1.08. The summed E-state index contributed by atoms with van der Waals surface area (Å²) in [6.07, 6.45) is 1.64. The van der Waals surface area contributed by atoms with Crippen LogP contribution >= 0.6 is 15.9 Å². The quantitative estimate of drug-likeness (QED) is 0.787. The standard InChI is InChI=1S/C14H18BrNO/c1-10-8-11(15)4-5-13(10)16-9-12(17)6-7-14(16,2)3/h4-5,8H,6-7,9H2,1-3H3. The lowest BCUT2D eigenvalue weighted by Crippen LogP contribution is -2.51. The molecule has 2 nitrogen and oxygen atoms in total. The number of nitrogens with zero attached hydrogens (tertiary/aromatic N) is 1. The number of carbonyl (C=O) groups excluding carboxylic acids is 1. The highest BCUT2D eigenvalue weighted by molar-refractivity contribution is 9.10. The molecule has 0 saturated carbocycles. The van der Waals surface area contributed by atoms with Gasteiger partial charge in [0, 0.05) is 22.1 Å². The van der Waals surface area contributed by atoms with Crippen LogP contribution in [0.25, 0.3) is 0 Å². The molecule has 1 heterocycles. The molecule has 0 amide bonds. The van der Waals surface area contributed by atoms with Crippen LogP contribution in [-0.4, -0.2) is 17.9 Å². The molecule has 0 N–H and O–H groups in total. The molecule has 0 bridgehead atoms. The highest BCUT2D eigenvalue weighted by atomic mass is 79.9. The molecule has 0 aromatic heterocycles. The smallest absolute Gasteiger partial charge is 0.152 e. The zero-order chi connectivity index (χ0) is 12.6. The van der Waals surface area contributed by atoms with Crippen LogP contribution in [0.15, 0.2) is 22.7 Å². The molecular weight excluding hydrogens is 278 g/mol. The fourth-order valence-corrected chi connectivity index (χ4v) is 2.86. The minimum atomic E-state index is 0.0620. The second-order valence-corrected chi connectivity index (χ2v) is 6.28. The van der Waals surface area contributed by atoms with Crippen molar-refractivity contribution >= 4 is 27.4 Å². The molecule has 0 aliphatic carbocycles. The van der Waals surface area contributed by atoms with Crippen LogP contribution in [0.4, 0.5) is 5.69 Å². The number of halogens is 1. The zero-order valence-electron chi connectivity index (χ0n) is 10.6. The molecule has 1 aromatic rings. The molecule has 3 heteroatoms. The van der Waals surface area contributed by atoms with Crippen LogP contribution in [0.2, 0.25) is 0 Å². The molecule has 2 rings (SSSR count). The van der Waals surface area contributed by atoms with Crippen molar-refractivity contribution in [3.05, 3.63) is 28.2 Å². The number of Topliss-reactive ketones (excluding diaryl/α,β-unsaturated/α-hetero) is 1. The highest BCUT2D eigenvalue weighted by Crippen LogP contribution is 2.34. The van der Waals surface area contributed by atoms with E-state index in [-0.39, 0.29) is 5.54 Å². The normalized spacial score (nSPS) is 19.5. The van der Waals surface area contributed by atoms with Gasteiger partial charge in [-0.2, -0.15) is 0 Å². The number of hydrogen-bond acceptors (Lipinski definition) is 2. The van der Waals surface area contributed by atoms with Crippen molar-refractivity contribution in [1.82, 2.24) is 0 Å². The van der Waals surface area contributed by atoms with Gasteiger partial charge in [-0.25, -0.2) is 0 Å². The van der Waals surface area contributed by atoms with Crippen LogP contribution in [0.1, 0.15) is 32.3 Å². The van der Waals surface area contributed by atoms with Gasteiger partial charge in [-0.1, -0.05) is 15.9 Å². The summed E-state index contributed by atoms with van der Waals surface area (Å²) in [5, 5.41) is 0. The van der Waals surface area contributed by atoms with Gasteiger partial charge in [0.25, 0.3) is 0 Å². The number of ketones is 1. The largest absolute Gasteiger partial charge is 0.359 e. The molecule has 92 valence electrons. The Balaban J connectivity index is 2.39. The maximum absolute atomic E-state index is 11.7. The van der Waals surface area contributed by atoms with Crippen molar-refractivity contribution in [2.75, 3.05) is 11.4 Å². The lowest BCUT2D eigenvalue weighted by molar-refractivity contribution is -0.119. The van der Waals surface area contributed by atoms with Crippen molar-refractivity contribution in [2.45, 2.75) is 39.2 Å². The minimum Gasteiger partial charge on any atom is -0.359 e. The summed E-state index contributed by atoms with van der Waals surface area (Å²) in [5.41, 5.74) is 2.44. The van der Waals surface area contributed by atoms with Gasteiger partial charge >= 0.3 is 0 Å². The Morgan fingerprint density at radius 2 is 2.06 bits per heavy atom. The molecule has 0 spiro atoms. The van der Waals surface area contributed by atoms with E-state index < -0.39 is 0 Å². The Labute approximate surface area is 111 Å². The van der Waals surface area contributed by atoms with Gasteiger partial charge in [-0.15, -0.1) is 0 Å². The fourth-order valence-electron chi connectivity index (χ4n) is 2.38. The van der Waals surface area contributed by atoms with Crippen molar-refractivity contribution in [3.8, 4) is 0 Å². The molecular formula is C14H18BrNO. The second kappa shape index (κ2) is 4.45. The summed E-state index contributed by atoms with van der Waals surface area (Å²) >= 11 is 3.48. The SMILES string of the molecule is Cc1cc(Br)ccc1N1CC(=O)CCC1(C)C. The number of carbonyl (C=O) groups is 1. The van der Waals surface area contributed by atoms with E-state index in [4.69, 9.17) is 0 Å². The van der Waals surface area contributed by atoms with Gasteiger partial charge in [-0.05, 0) is 51.0 Å². The molecule has 1 saturated heterocycles. The van der Waals surface area contributed by atoms with E-state index in [0.717, 1.165) is 10.9 Å². The molecule has 1 aliphatic heterocycles. The number of benzene rings is 1. The lowest BCUT2D eigenvalue weighted by Gasteiger charge is -2.44. The summed E-state index contributed by atoms with van der Waals surface area (Å²) in [7, 11) is 0. The van der Waals surface area contributed by atoms with Gasteiger partial charge in [0.05, 0.1) is 6.54 Å². The Morgan fingerprint density at radius 3 is 2.71 bits per heavy atom. The molecule has 0 radical (unpaired) electrons. The zero-order valence-corrected chi connectivity index (χ0v) is 12.2. The highest BCUT2D eigenvalue weighted by Gasteiger charge is 2.33. The number of hydrogen-bond donors (Lipinski definition) is 0. The van der Waals surface area contributed by atoms with Gasteiger partial charge in [0.15, 0.2) is 5.78 Å². The maximum Gasteiger partial charge on any atom is 0.152 e. The van der Waals surface area contributed by atoms with Crippen molar-refractivity contribution in [2.24, 2.45) is 0 Å². The first-order valence-corrected chi connectivity index (χ1v) is 6.75. The van der Waals surface area contributed by atoms with Crippen LogP contribution < -0.4 is 4.90 Å². The van der Waals surface area contributed by atoms with Gasteiger partial charge < -0.3 is 4.90 Å². The summed E-state index contributed by atoms with van der Waals surface area (Å²) in [4.78, 5) is 13.9.